The summed E-state index contributed by atoms with van der Waals surface area (Å²) in [5.41, 5.74) is 7.58. The van der Waals surface area contributed by atoms with Gasteiger partial charge in [-0.1, -0.05) is 25.1 Å². The van der Waals surface area contributed by atoms with E-state index in [2.05, 4.69) is 4.98 Å². The van der Waals surface area contributed by atoms with E-state index in [4.69, 9.17) is 15.9 Å². The maximum absolute atomic E-state index is 7.57. The Morgan fingerprint density at radius 2 is 2.16 bits per heavy atom. The van der Waals surface area contributed by atoms with Gasteiger partial charge in [0.05, 0.1) is 22.7 Å². The number of aromatic nitrogens is 1. The molecule has 0 saturated heterocycles. The topological polar surface area (TPSA) is 72.0 Å². The fourth-order valence-corrected chi connectivity index (χ4v) is 2.98. The molecule has 4 nitrogen and oxygen atoms in total. The lowest BCUT2D eigenvalue weighted by Gasteiger charge is -2.05. The highest BCUT2D eigenvalue weighted by Gasteiger charge is 2.13. The number of para-hydroxylation sites is 1. The van der Waals surface area contributed by atoms with Gasteiger partial charge >= 0.3 is 0 Å². The van der Waals surface area contributed by atoms with E-state index in [1.54, 1.807) is 7.11 Å². The number of nitrogen functional groups attached to an aromatic ring is 1. The lowest BCUT2D eigenvalue weighted by Crippen LogP contribution is -2.11. The van der Waals surface area contributed by atoms with E-state index >= 15 is 0 Å². The number of rotatable bonds is 5. The molecule has 0 spiro atoms. The highest BCUT2D eigenvalue weighted by Crippen LogP contribution is 2.25. The molecule has 1 heterocycles. The SMILES string of the molecule is CCc1nc(Cc2ccccc2OC)sc1C(=N)N. The minimum Gasteiger partial charge on any atom is -0.496 e. The molecule has 100 valence electrons. The van der Waals surface area contributed by atoms with Crippen LogP contribution < -0.4 is 10.5 Å². The van der Waals surface area contributed by atoms with Gasteiger partial charge in [0, 0.05) is 12.0 Å². The van der Waals surface area contributed by atoms with Gasteiger partial charge in [0.1, 0.15) is 11.6 Å². The number of hydrogen-bond donors (Lipinski definition) is 2. The molecule has 0 saturated carbocycles. The van der Waals surface area contributed by atoms with Crippen molar-refractivity contribution in [2.24, 2.45) is 5.73 Å². The van der Waals surface area contributed by atoms with Crippen LogP contribution >= 0.6 is 11.3 Å². The Kier molecular flexibility index (Phi) is 4.16. The summed E-state index contributed by atoms with van der Waals surface area (Å²) in [6.45, 7) is 2.02. The zero-order chi connectivity index (χ0) is 13.8. The number of methoxy groups -OCH3 is 1. The molecule has 0 bridgehead atoms. The number of hydrogen-bond acceptors (Lipinski definition) is 4. The van der Waals surface area contributed by atoms with Crippen LogP contribution in [0, 0.1) is 5.41 Å². The number of nitrogens with two attached hydrogens (primary N) is 1. The molecule has 0 amide bonds. The van der Waals surface area contributed by atoms with E-state index in [9.17, 15) is 0 Å². The van der Waals surface area contributed by atoms with Crippen molar-refractivity contribution in [3.63, 3.8) is 0 Å². The van der Waals surface area contributed by atoms with Crippen molar-refractivity contribution in [1.29, 1.82) is 5.41 Å². The molecule has 2 rings (SSSR count). The van der Waals surface area contributed by atoms with E-state index in [1.165, 1.54) is 11.3 Å². The number of aryl methyl sites for hydroxylation is 1. The molecule has 19 heavy (non-hydrogen) atoms. The average molecular weight is 275 g/mol. The van der Waals surface area contributed by atoms with Crippen molar-refractivity contribution in [2.75, 3.05) is 7.11 Å². The minimum absolute atomic E-state index is 0.0978. The summed E-state index contributed by atoms with van der Waals surface area (Å²) in [7, 11) is 1.67. The van der Waals surface area contributed by atoms with Crippen molar-refractivity contribution in [1.82, 2.24) is 4.98 Å². The van der Waals surface area contributed by atoms with Gasteiger partial charge in [0.15, 0.2) is 0 Å². The zero-order valence-corrected chi connectivity index (χ0v) is 11.9. The van der Waals surface area contributed by atoms with Gasteiger partial charge in [-0.05, 0) is 12.5 Å². The number of ether oxygens (including phenoxy) is 1. The maximum atomic E-state index is 7.57. The first-order valence-corrected chi connectivity index (χ1v) is 6.92. The van der Waals surface area contributed by atoms with Crippen LogP contribution in [-0.4, -0.2) is 17.9 Å². The molecule has 0 aliphatic carbocycles. The van der Waals surface area contributed by atoms with Gasteiger partial charge in [-0.2, -0.15) is 0 Å². The van der Waals surface area contributed by atoms with Gasteiger partial charge in [-0.25, -0.2) is 4.98 Å². The van der Waals surface area contributed by atoms with Crippen LogP contribution in [0.15, 0.2) is 24.3 Å². The normalized spacial score (nSPS) is 10.4. The molecule has 3 N–H and O–H groups in total. The van der Waals surface area contributed by atoms with E-state index < -0.39 is 0 Å². The summed E-state index contributed by atoms with van der Waals surface area (Å²) >= 11 is 1.49. The third-order valence-corrected chi connectivity index (χ3v) is 3.99. The first kappa shape index (κ1) is 13.5. The molecular weight excluding hydrogens is 258 g/mol. The van der Waals surface area contributed by atoms with Crippen LogP contribution in [0.5, 0.6) is 5.75 Å². The van der Waals surface area contributed by atoms with Crippen molar-refractivity contribution < 1.29 is 4.74 Å². The Balaban J connectivity index is 2.31. The quantitative estimate of drug-likeness (QED) is 0.650. The monoisotopic (exact) mass is 275 g/mol. The molecule has 0 aliphatic rings. The van der Waals surface area contributed by atoms with Crippen LogP contribution in [0.4, 0.5) is 0 Å². The van der Waals surface area contributed by atoms with Gasteiger partial charge in [0.2, 0.25) is 0 Å². The molecule has 1 aromatic carbocycles. The molecule has 5 heteroatoms. The van der Waals surface area contributed by atoms with Crippen LogP contribution in [-0.2, 0) is 12.8 Å². The number of nitrogens with one attached hydrogen (secondary N) is 1. The van der Waals surface area contributed by atoms with E-state index in [0.717, 1.165) is 33.3 Å². The lowest BCUT2D eigenvalue weighted by molar-refractivity contribution is 0.410. The second-order valence-electron chi connectivity index (χ2n) is 4.14. The van der Waals surface area contributed by atoms with Gasteiger partial charge in [0.25, 0.3) is 0 Å². The molecule has 0 unspecified atom stereocenters. The highest BCUT2D eigenvalue weighted by atomic mass is 32.1. The molecule has 0 atom stereocenters. The third kappa shape index (κ3) is 2.93. The van der Waals surface area contributed by atoms with Crippen molar-refractivity contribution in [2.45, 2.75) is 19.8 Å². The summed E-state index contributed by atoms with van der Waals surface area (Å²) in [6, 6.07) is 7.90. The first-order chi connectivity index (χ1) is 9.15. The van der Waals surface area contributed by atoms with E-state index in [1.807, 2.05) is 31.2 Å². The predicted molar refractivity (Wildman–Crippen MR) is 78.3 cm³/mol. The summed E-state index contributed by atoms with van der Waals surface area (Å²) in [5, 5.41) is 8.54. The smallest absolute Gasteiger partial charge is 0.135 e. The number of thiazole rings is 1. The molecule has 1 aromatic heterocycles. The summed E-state index contributed by atoms with van der Waals surface area (Å²) in [6.07, 6.45) is 1.49. The van der Waals surface area contributed by atoms with Gasteiger partial charge < -0.3 is 10.5 Å². The van der Waals surface area contributed by atoms with Crippen LogP contribution in [0.3, 0.4) is 0 Å². The highest BCUT2D eigenvalue weighted by molar-refractivity contribution is 7.13. The van der Waals surface area contributed by atoms with E-state index in [0.29, 0.717) is 6.42 Å². The first-order valence-electron chi connectivity index (χ1n) is 6.10. The Bertz CT molecular complexity index is 592. The molecule has 0 radical (unpaired) electrons. The van der Waals surface area contributed by atoms with Crippen LogP contribution in [0.1, 0.15) is 28.1 Å². The minimum atomic E-state index is 0.0978. The largest absolute Gasteiger partial charge is 0.496 e. The van der Waals surface area contributed by atoms with Crippen molar-refractivity contribution in [3.05, 3.63) is 45.4 Å². The van der Waals surface area contributed by atoms with E-state index in [-0.39, 0.29) is 5.84 Å². The average Bonchev–Trinajstić information content (AvgIpc) is 2.82. The van der Waals surface area contributed by atoms with Gasteiger partial charge in [-0.15, -0.1) is 11.3 Å². The standard InChI is InChI=1S/C14H17N3OS/c1-3-10-13(14(15)16)19-12(17-10)8-9-6-4-5-7-11(9)18-2/h4-7H,3,8H2,1-2H3,(H3,15,16). The second-order valence-corrected chi connectivity index (χ2v) is 5.22. The molecule has 0 aliphatic heterocycles. The fourth-order valence-electron chi connectivity index (χ4n) is 1.94. The van der Waals surface area contributed by atoms with Crippen LogP contribution in [0.2, 0.25) is 0 Å². The van der Waals surface area contributed by atoms with Gasteiger partial charge in [-0.3, -0.25) is 5.41 Å². The number of amidine groups is 1. The van der Waals surface area contributed by atoms with Crippen molar-refractivity contribution >= 4 is 17.2 Å². The number of benzene rings is 1. The second kappa shape index (κ2) is 5.84. The van der Waals surface area contributed by atoms with Crippen LogP contribution in [0.25, 0.3) is 0 Å². The summed E-state index contributed by atoms with van der Waals surface area (Å²) in [4.78, 5) is 5.35. The maximum Gasteiger partial charge on any atom is 0.135 e. The van der Waals surface area contributed by atoms with Crippen molar-refractivity contribution in [3.8, 4) is 5.75 Å². The number of nitrogens with zero attached hydrogens (tertiary/aromatic N) is 1. The molecule has 2 aromatic rings. The molecular formula is C14H17N3OS. The summed E-state index contributed by atoms with van der Waals surface area (Å²) < 4.78 is 5.34. The Morgan fingerprint density at radius 3 is 2.74 bits per heavy atom. The Hall–Kier alpha value is -1.88. The third-order valence-electron chi connectivity index (χ3n) is 2.86. The summed E-state index contributed by atoms with van der Waals surface area (Å²) in [5.74, 6) is 0.959. The molecule has 0 fully saturated rings. The Labute approximate surface area is 116 Å². The lowest BCUT2D eigenvalue weighted by atomic mass is 10.1. The predicted octanol–water partition coefficient (Wildman–Crippen LogP) is 2.59. The zero-order valence-electron chi connectivity index (χ0n) is 11.1. The fraction of sp³-hybridized carbons (Fsp3) is 0.286. The Morgan fingerprint density at radius 1 is 1.42 bits per heavy atom.